The van der Waals surface area contributed by atoms with Crippen molar-refractivity contribution in [1.82, 2.24) is 5.32 Å². The number of allylic oxidation sites excluding steroid dienone is 3. The Balaban J connectivity index is 1.54. The topological polar surface area (TPSA) is 73.9 Å². The smallest absolute Gasteiger partial charge is 0.337 e. The van der Waals surface area contributed by atoms with Crippen LogP contribution in [0.2, 0.25) is 5.02 Å². The Labute approximate surface area is 222 Å². The molecule has 1 fully saturated rings. The van der Waals surface area contributed by atoms with Crippen molar-refractivity contribution in [2.24, 2.45) is 0 Å². The summed E-state index contributed by atoms with van der Waals surface area (Å²) in [5, 5.41) is 3.94. The van der Waals surface area contributed by atoms with E-state index in [4.69, 9.17) is 25.8 Å². The lowest BCUT2D eigenvalue weighted by molar-refractivity contribution is -0.144. The van der Waals surface area contributed by atoms with Crippen molar-refractivity contribution in [3.63, 3.8) is 0 Å². The summed E-state index contributed by atoms with van der Waals surface area (Å²) >= 11 is 6.66. The van der Waals surface area contributed by atoms with Gasteiger partial charge in [0.05, 0.1) is 19.8 Å². The van der Waals surface area contributed by atoms with E-state index in [1.165, 1.54) is 0 Å². The molecule has 2 aromatic rings. The van der Waals surface area contributed by atoms with E-state index in [1.807, 2.05) is 43.3 Å². The van der Waals surface area contributed by atoms with Crippen LogP contribution in [0.3, 0.4) is 0 Å². The highest BCUT2D eigenvalue weighted by molar-refractivity contribution is 6.31. The zero-order valence-corrected chi connectivity index (χ0v) is 22.2. The van der Waals surface area contributed by atoms with Gasteiger partial charge >= 0.3 is 5.97 Å². The van der Waals surface area contributed by atoms with Crippen LogP contribution in [0.1, 0.15) is 68.4 Å². The molecule has 0 bridgehead atoms. The fourth-order valence-corrected chi connectivity index (χ4v) is 6.14. The number of ether oxygens (including phenoxy) is 3. The van der Waals surface area contributed by atoms with Gasteiger partial charge in [0.25, 0.3) is 0 Å². The van der Waals surface area contributed by atoms with Crippen LogP contribution in [0.15, 0.2) is 65.0 Å². The zero-order valence-electron chi connectivity index (χ0n) is 21.4. The van der Waals surface area contributed by atoms with Gasteiger partial charge in [-0.1, -0.05) is 35.9 Å². The zero-order chi connectivity index (χ0) is 26.1. The van der Waals surface area contributed by atoms with E-state index in [2.05, 4.69) is 5.32 Å². The Morgan fingerprint density at radius 1 is 1.00 bits per heavy atom. The first-order valence-corrected chi connectivity index (χ1v) is 13.2. The number of carbonyl (C=O) groups excluding carboxylic acids is 2. The molecule has 5 rings (SSSR count). The molecule has 2 aromatic carbocycles. The first-order valence-electron chi connectivity index (χ1n) is 12.8. The summed E-state index contributed by atoms with van der Waals surface area (Å²) in [6.07, 6.45) is 4.75. The van der Waals surface area contributed by atoms with Gasteiger partial charge in [-0.3, -0.25) is 4.79 Å². The summed E-state index contributed by atoms with van der Waals surface area (Å²) in [6.45, 7) is 1.88. The van der Waals surface area contributed by atoms with Crippen molar-refractivity contribution in [2.75, 3.05) is 14.2 Å². The summed E-state index contributed by atoms with van der Waals surface area (Å²) < 4.78 is 16.8. The van der Waals surface area contributed by atoms with Crippen molar-refractivity contribution in [2.45, 2.75) is 63.4 Å². The van der Waals surface area contributed by atoms with Crippen LogP contribution in [0.4, 0.5) is 0 Å². The molecule has 1 aliphatic heterocycles. The average molecular weight is 522 g/mol. The fraction of sp³-hybridized carbons (Fsp3) is 0.400. The Kier molecular flexibility index (Phi) is 7.29. The highest BCUT2D eigenvalue weighted by atomic mass is 35.5. The predicted octanol–water partition coefficient (Wildman–Crippen LogP) is 6.20. The van der Waals surface area contributed by atoms with E-state index in [0.717, 1.165) is 42.5 Å². The fourth-order valence-electron chi connectivity index (χ4n) is 5.89. The maximum Gasteiger partial charge on any atom is 0.337 e. The summed E-state index contributed by atoms with van der Waals surface area (Å²) in [5.74, 6) is 0.293. The molecule has 3 aliphatic rings. The summed E-state index contributed by atoms with van der Waals surface area (Å²) in [5.41, 5.74) is 4.35. The first-order chi connectivity index (χ1) is 17.9. The largest absolute Gasteiger partial charge is 0.493 e. The number of hydrogen-bond acceptors (Lipinski definition) is 6. The van der Waals surface area contributed by atoms with Gasteiger partial charge in [-0.05, 0) is 74.3 Å². The molecule has 6 nitrogen and oxygen atoms in total. The monoisotopic (exact) mass is 521 g/mol. The first kappa shape index (κ1) is 25.4. The number of rotatable bonds is 6. The Morgan fingerprint density at radius 3 is 2.43 bits per heavy atom. The number of benzene rings is 2. The molecule has 0 amide bonds. The Morgan fingerprint density at radius 2 is 1.73 bits per heavy atom. The lowest BCUT2D eigenvalue weighted by Gasteiger charge is -2.37. The number of methoxy groups -OCH3 is 2. The van der Waals surface area contributed by atoms with Gasteiger partial charge in [0.15, 0.2) is 17.3 Å². The van der Waals surface area contributed by atoms with Crippen LogP contribution >= 0.6 is 11.6 Å². The minimum atomic E-state index is -0.572. The van der Waals surface area contributed by atoms with Gasteiger partial charge in [-0.2, -0.15) is 0 Å². The van der Waals surface area contributed by atoms with Crippen molar-refractivity contribution in [1.29, 1.82) is 0 Å². The van der Waals surface area contributed by atoms with E-state index in [9.17, 15) is 9.59 Å². The predicted molar refractivity (Wildman–Crippen MR) is 142 cm³/mol. The molecule has 194 valence electrons. The van der Waals surface area contributed by atoms with Crippen molar-refractivity contribution >= 4 is 23.4 Å². The minimum Gasteiger partial charge on any atom is -0.493 e. The number of ketones is 1. The molecule has 2 atom stereocenters. The van der Waals surface area contributed by atoms with E-state index in [0.29, 0.717) is 46.2 Å². The third-order valence-corrected chi connectivity index (χ3v) is 8.06. The molecule has 0 aromatic heterocycles. The third kappa shape index (κ3) is 4.87. The lowest BCUT2D eigenvalue weighted by Crippen LogP contribution is -2.36. The Hall–Kier alpha value is -3.25. The molecule has 7 heteroatoms. The molecule has 0 unspecified atom stereocenters. The molecule has 2 aliphatic carbocycles. The number of esters is 1. The van der Waals surface area contributed by atoms with Gasteiger partial charge in [0.1, 0.15) is 6.10 Å². The normalized spacial score (nSPS) is 22.0. The second-order valence-electron chi connectivity index (χ2n) is 9.96. The van der Waals surface area contributed by atoms with Gasteiger partial charge in [0, 0.05) is 34.3 Å². The van der Waals surface area contributed by atoms with Crippen LogP contribution in [0.5, 0.6) is 11.5 Å². The van der Waals surface area contributed by atoms with E-state index in [-0.39, 0.29) is 23.8 Å². The summed E-state index contributed by atoms with van der Waals surface area (Å²) in [6, 6.07) is 13.2. The molecular formula is C30H32ClNO5. The molecular weight excluding hydrogens is 490 g/mol. The van der Waals surface area contributed by atoms with Crippen molar-refractivity contribution in [3.05, 3.63) is 81.2 Å². The van der Waals surface area contributed by atoms with Crippen LogP contribution in [0, 0.1) is 0 Å². The Bertz CT molecular complexity index is 1290. The van der Waals surface area contributed by atoms with Gasteiger partial charge < -0.3 is 19.5 Å². The number of dihydropyridines is 1. The van der Waals surface area contributed by atoms with Crippen LogP contribution in [-0.2, 0) is 14.3 Å². The van der Waals surface area contributed by atoms with E-state index < -0.39 is 5.92 Å². The average Bonchev–Trinajstić information content (AvgIpc) is 3.40. The van der Waals surface area contributed by atoms with E-state index in [1.54, 1.807) is 20.3 Å². The lowest BCUT2D eigenvalue weighted by atomic mass is 9.71. The van der Waals surface area contributed by atoms with Crippen LogP contribution in [-0.4, -0.2) is 32.1 Å². The van der Waals surface area contributed by atoms with Gasteiger partial charge in [-0.15, -0.1) is 0 Å². The molecule has 37 heavy (non-hydrogen) atoms. The minimum absolute atomic E-state index is 0.00267. The highest BCUT2D eigenvalue weighted by Crippen LogP contribution is 2.48. The molecule has 1 saturated carbocycles. The molecule has 1 N–H and O–H groups in total. The second kappa shape index (κ2) is 10.6. The number of carbonyl (C=O) groups is 2. The number of nitrogens with one attached hydrogen (secondary N) is 1. The van der Waals surface area contributed by atoms with Crippen LogP contribution < -0.4 is 14.8 Å². The highest BCUT2D eigenvalue weighted by Gasteiger charge is 2.42. The van der Waals surface area contributed by atoms with Crippen molar-refractivity contribution < 1.29 is 23.8 Å². The number of hydrogen-bond donors (Lipinski definition) is 1. The molecule has 0 saturated heterocycles. The maximum absolute atomic E-state index is 13.8. The molecule has 0 radical (unpaired) electrons. The van der Waals surface area contributed by atoms with Crippen molar-refractivity contribution in [3.8, 4) is 11.5 Å². The van der Waals surface area contributed by atoms with E-state index >= 15 is 0 Å². The summed E-state index contributed by atoms with van der Waals surface area (Å²) in [7, 11) is 3.20. The third-order valence-electron chi connectivity index (χ3n) is 7.72. The quantitative estimate of drug-likeness (QED) is 0.456. The van der Waals surface area contributed by atoms with Gasteiger partial charge in [0.2, 0.25) is 0 Å². The molecule has 1 heterocycles. The summed E-state index contributed by atoms with van der Waals surface area (Å²) in [4.78, 5) is 27.4. The number of halogens is 1. The molecule has 0 spiro atoms. The number of Topliss-reactive ketones (excluding diaryl/α,β-unsaturated/α-hetero) is 1. The van der Waals surface area contributed by atoms with Crippen LogP contribution in [0.25, 0.3) is 0 Å². The second-order valence-corrected chi connectivity index (χ2v) is 10.4. The SMILES string of the molecule is COc1ccc([C@@H]2CC(=O)C3=C(C2)NC(C)=C(C(=O)OC2CCCC2)[C@H]3c2ccccc2Cl)cc1OC. The maximum atomic E-state index is 13.8. The van der Waals surface area contributed by atoms with Gasteiger partial charge in [-0.25, -0.2) is 4.79 Å². The standard InChI is InChI=1S/C30H32ClNO5/c1-17-27(30(34)37-20-8-4-5-9-20)28(21-10-6-7-11-22(21)31)29-23(32-17)14-19(15-24(29)33)18-12-13-25(35-2)26(16-18)36-3/h6-7,10-13,16,19-20,28,32H,4-5,8-9,14-15H2,1-3H3/t19-,28+/m0/s1.